The minimum Gasteiger partial charge on any atom is -0.493 e. The summed E-state index contributed by atoms with van der Waals surface area (Å²) in [5.74, 6) is 1.35. The fourth-order valence-electron chi connectivity index (χ4n) is 2.54. The Balaban J connectivity index is 2.12. The van der Waals surface area contributed by atoms with Gasteiger partial charge in [0.1, 0.15) is 12.2 Å². The van der Waals surface area contributed by atoms with Crippen LogP contribution in [0.3, 0.4) is 0 Å². The minimum absolute atomic E-state index is 0.0386. The summed E-state index contributed by atoms with van der Waals surface area (Å²) in [4.78, 5) is 15.3. The standard InChI is InChI=1S/C17H16N2O5/c1-10-4-5-14(19(20)21)12(6-10)17-18-13-8-16(23-3)15(22-2)7-11(13)9-24-17/h4-8H,9H2,1-3H3. The van der Waals surface area contributed by atoms with E-state index in [2.05, 4.69) is 4.99 Å². The number of nitro benzene ring substituents is 1. The van der Waals surface area contributed by atoms with E-state index in [-0.39, 0.29) is 18.2 Å². The molecular formula is C17H16N2O5. The zero-order valence-corrected chi connectivity index (χ0v) is 13.5. The third-order valence-corrected chi connectivity index (χ3v) is 3.75. The number of aryl methyl sites for hydroxylation is 1. The predicted octanol–water partition coefficient (Wildman–Crippen LogP) is 3.53. The van der Waals surface area contributed by atoms with E-state index in [1.54, 1.807) is 38.5 Å². The van der Waals surface area contributed by atoms with Gasteiger partial charge < -0.3 is 14.2 Å². The lowest BCUT2D eigenvalue weighted by Gasteiger charge is -2.19. The molecule has 124 valence electrons. The Morgan fingerprint density at radius 2 is 1.88 bits per heavy atom. The highest BCUT2D eigenvalue weighted by molar-refractivity contribution is 6.00. The van der Waals surface area contributed by atoms with Crippen molar-refractivity contribution in [2.24, 2.45) is 4.99 Å². The monoisotopic (exact) mass is 328 g/mol. The fourth-order valence-corrected chi connectivity index (χ4v) is 2.54. The van der Waals surface area contributed by atoms with Crippen molar-refractivity contribution < 1.29 is 19.1 Å². The third-order valence-electron chi connectivity index (χ3n) is 3.75. The first-order valence-corrected chi connectivity index (χ1v) is 7.25. The molecule has 0 amide bonds. The van der Waals surface area contributed by atoms with Crippen LogP contribution in [0, 0.1) is 17.0 Å². The molecule has 2 aromatic carbocycles. The molecule has 0 unspecified atom stereocenters. The molecular weight excluding hydrogens is 312 g/mol. The molecule has 7 nitrogen and oxygen atoms in total. The van der Waals surface area contributed by atoms with E-state index in [1.807, 2.05) is 6.92 Å². The summed E-state index contributed by atoms with van der Waals surface area (Å²) in [6.07, 6.45) is 0. The van der Waals surface area contributed by atoms with Crippen molar-refractivity contribution in [3.8, 4) is 11.5 Å². The van der Waals surface area contributed by atoms with Gasteiger partial charge in [-0.25, -0.2) is 4.99 Å². The van der Waals surface area contributed by atoms with Gasteiger partial charge in [-0.05, 0) is 24.6 Å². The van der Waals surface area contributed by atoms with Crippen molar-refractivity contribution in [2.75, 3.05) is 14.2 Å². The number of methoxy groups -OCH3 is 2. The van der Waals surface area contributed by atoms with E-state index in [1.165, 1.54) is 6.07 Å². The first-order chi connectivity index (χ1) is 11.5. The lowest BCUT2D eigenvalue weighted by Crippen LogP contribution is -2.13. The molecule has 7 heteroatoms. The van der Waals surface area contributed by atoms with Crippen LogP contribution in [0.2, 0.25) is 0 Å². The molecule has 24 heavy (non-hydrogen) atoms. The maximum absolute atomic E-state index is 11.3. The molecule has 3 rings (SSSR count). The molecule has 0 saturated carbocycles. The van der Waals surface area contributed by atoms with Crippen LogP contribution in [0.15, 0.2) is 35.3 Å². The van der Waals surface area contributed by atoms with Gasteiger partial charge in [-0.3, -0.25) is 10.1 Å². The summed E-state index contributed by atoms with van der Waals surface area (Å²) in [7, 11) is 3.10. The molecule has 0 bridgehead atoms. The number of nitro groups is 1. The Kier molecular flexibility index (Phi) is 4.07. The number of rotatable bonds is 4. The van der Waals surface area contributed by atoms with Gasteiger partial charge in [0.05, 0.1) is 24.8 Å². The molecule has 2 aromatic rings. The number of aliphatic imine (C=N–C) groups is 1. The molecule has 0 saturated heterocycles. The van der Waals surface area contributed by atoms with Crippen LogP contribution in [-0.2, 0) is 11.3 Å². The Labute approximate surface area is 138 Å². The van der Waals surface area contributed by atoms with Gasteiger partial charge in [0.15, 0.2) is 11.5 Å². The molecule has 0 spiro atoms. The van der Waals surface area contributed by atoms with Gasteiger partial charge in [-0.2, -0.15) is 0 Å². The second-order valence-electron chi connectivity index (χ2n) is 5.32. The topological polar surface area (TPSA) is 83.2 Å². The number of hydrogen-bond donors (Lipinski definition) is 0. The molecule has 0 aliphatic carbocycles. The summed E-state index contributed by atoms with van der Waals surface area (Å²) in [5.41, 5.74) is 2.68. The van der Waals surface area contributed by atoms with Gasteiger partial charge >= 0.3 is 0 Å². The summed E-state index contributed by atoms with van der Waals surface area (Å²) in [6, 6.07) is 8.37. The van der Waals surface area contributed by atoms with Crippen molar-refractivity contribution >= 4 is 17.3 Å². The average molecular weight is 328 g/mol. The largest absolute Gasteiger partial charge is 0.493 e. The van der Waals surface area contributed by atoms with Crippen molar-refractivity contribution in [1.82, 2.24) is 0 Å². The summed E-state index contributed by atoms with van der Waals surface area (Å²) >= 11 is 0. The van der Waals surface area contributed by atoms with Crippen LogP contribution in [0.4, 0.5) is 11.4 Å². The third kappa shape index (κ3) is 2.76. The van der Waals surface area contributed by atoms with Crippen LogP contribution in [0.5, 0.6) is 11.5 Å². The maximum Gasteiger partial charge on any atom is 0.282 e. The van der Waals surface area contributed by atoms with Crippen LogP contribution in [0.25, 0.3) is 0 Å². The Morgan fingerprint density at radius 1 is 1.17 bits per heavy atom. The van der Waals surface area contributed by atoms with Gasteiger partial charge in [0.2, 0.25) is 5.90 Å². The predicted molar refractivity (Wildman–Crippen MR) is 88.4 cm³/mol. The molecule has 0 atom stereocenters. The normalized spacial score (nSPS) is 12.7. The van der Waals surface area contributed by atoms with Gasteiger partial charge in [0, 0.05) is 17.7 Å². The van der Waals surface area contributed by atoms with E-state index in [4.69, 9.17) is 14.2 Å². The molecule has 0 radical (unpaired) electrons. The summed E-state index contributed by atoms with van der Waals surface area (Å²) in [5, 5.41) is 11.3. The quantitative estimate of drug-likeness (QED) is 0.633. The second-order valence-corrected chi connectivity index (χ2v) is 5.32. The van der Waals surface area contributed by atoms with Crippen molar-refractivity contribution in [2.45, 2.75) is 13.5 Å². The van der Waals surface area contributed by atoms with Crippen LogP contribution in [-0.4, -0.2) is 25.0 Å². The molecule has 0 N–H and O–H groups in total. The van der Waals surface area contributed by atoms with E-state index >= 15 is 0 Å². The number of ether oxygens (including phenoxy) is 3. The van der Waals surface area contributed by atoms with E-state index in [0.717, 1.165) is 11.1 Å². The zero-order chi connectivity index (χ0) is 17.3. The highest BCUT2D eigenvalue weighted by Gasteiger charge is 2.24. The maximum atomic E-state index is 11.3. The smallest absolute Gasteiger partial charge is 0.282 e. The molecule has 0 aromatic heterocycles. The van der Waals surface area contributed by atoms with Gasteiger partial charge in [-0.1, -0.05) is 6.07 Å². The Bertz CT molecular complexity index is 845. The van der Waals surface area contributed by atoms with E-state index in [0.29, 0.717) is 22.7 Å². The first-order valence-electron chi connectivity index (χ1n) is 7.25. The van der Waals surface area contributed by atoms with Crippen LogP contribution >= 0.6 is 0 Å². The highest BCUT2D eigenvalue weighted by Crippen LogP contribution is 2.38. The fraction of sp³-hybridized carbons (Fsp3) is 0.235. The van der Waals surface area contributed by atoms with Crippen LogP contribution in [0.1, 0.15) is 16.7 Å². The molecule has 1 aliphatic heterocycles. The van der Waals surface area contributed by atoms with E-state index < -0.39 is 4.92 Å². The van der Waals surface area contributed by atoms with E-state index in [9.17, 15) is 10.1 Å². The van der Waals surface area contributed by atoms with Crippen molar-refractivity contribution in [1.29, 1.82) is 0 Å². The summed E-state index contributed by atoms with van der Waals surface area (Å²) in [6.45, 7) is 2.11. The van der Waals surface area contributed by atoms with Gasteiger partial charge in [-0.15, -0.1) is 0 Å². The minimum atomic E-state index is -0.440. The second kappa shape index (κ2) is 6.19. The lowest BCUT2D eigenvalue weighted by atomic mass is 10.1. The number of nitrogens with zero attached hydrogens (tertiary/aromatic N) is 2. The average Bonchev–Trinajstić information content (AvgIpc) is 2.59. The first kappa shape index (κ1) is 15.8. The SMILES string of the molecule is COc1cc2c(cc1OC)N=C(c1cc(C)ccc1[N+](=O)[O-])OC2. The van der Waals surface area contributed by atoms with Crippen LogP contribution < -0.4 is 9.47 Å². The van der Waals surface area contributed by atoms with Crippen molar-refractivity contribution in [3.05, 3.63) is 57.1 Å². The Morgan fingerprint density at radius 3 is 2.54 bits per heavy atom. The number of fused-ring (bicyclic) bond motifs is 1. The number of hydrogen-bond acceptors (Lipinski definition) is 6. The summed E-state index contributed by atoms with van der Waals surface area (Å²) < 4.78 is 16.2. The van der Waals surface area contributed by atoms with Crippen molar-refractivity contribution in [3.63, 3.8) is 0 Å². The number of benzene rings is 2. The zero-order valence-electron chi connectivity index (χ0n) is 13.5. The molecule has 1 aliphatic rings. The Hall–Kier alpha value is -3.09. The highest BCUT2D eigenvalue weighted by atomic mass is 16.6. The van der Waals surface area contributed by atoms with Gasteiger partial charge in [0.25, 0.3) is 5.69 Å². The molecule has 1 heterocycles. The molecule has 0 fully saturated rings. The lowest BCUT2D eigenvalue weighted by molar-refractivity contribution is -0.385.